The summed E-state index contributed by atoms with van der Waals surface area (Å²) >= 11 is 0. The number of nitrogens with zero attached hydrogens (tertiary/aromatic N) is 1. The zero-order valence-electron chi connectivity index (χ0n) is 18.8. The first-order valence-electron chi connectivity index (χ1n) is 10.6. The lowest BCUT2D eigenvalue weighted by molar-refractivity contribution is -0.857. The monoisotopic (exact) mass is 423 g/mol. The third-order valence-electron chi connectivity index (χ3n) is 5.29. The van der Waals surface area contributed by atoms with Crippen LogP contribution in [0.3, 0.4) is 0 Å². The molecule has 1 heterocycles. The Kier molecular flexibility index (Phi) is 6.81. The molecule has 1 saturated heterocycles. The van der Waals surface area contributed by atoms with Crippen LogP contribution in [0.15, 0.2) is 54.1 Å². The molecule has 0 radical (unpaired) electrons. The predicted octanol–water partition coefficient (Wildman–Crippen LogP) is 2.35. The number of hydrogen-bond donors (Lipinski definition) is 2. The highest BCUT2D eigenvalue weighted by Crippen LogP contribution is 2.39. The predicted molar refractivity (Wildman–Crippen MR) is 120 cm³/mol. The van der Waals surface area contributed by atoms with E-state index in [0.29, 0.717) is 24.4 Å². The first-order valence-corrected chi connectivity index (χ1v) is 10.6. The molecule has 164 valence electrons. The number of nitrogens with one attached hydrogen (secondary N) is 1. The zero-order chi connectivity index (χ0) is 22.7. The number of Topliss-reactive ketones (excluding diaryl/α,β-unsaturated/α-hetero) is 1. The smallest absolute Gasteiger partial charge is 0.295 e. The Hall–Kier alpha value is -3.12. The Labute approximate surface area is 183 Å². The van der Waals surface area contributed by atoms with E-state index in [1.807, 2.05) is 59.1 Å². The average molecular weight is 424 g/mol. The van der Waals surface area contributed by atoms with Crippen molar-refractivity contribution in [2.45, 2.75) is 32.9 Å². The fourth-order valence-corrected chi connectivity index (χ4v) is 3.67. The Morgan fingerprint density at radius 1 is 1.06 bits per heavy atom. The van der Waals surface area contributed by atoms with Crippen LogP contribution in [0.2, 0.25) is 0 Å². The maximum Gasteiger partial charge on any atom is 0.295 e. The van der Waals surface area contributed by atoms with E-state index in [9.17, 15) is 14.7 Å². The summed E-state index contributed by atoms with van der Waals surface area (Å²) in [7, 11) is 4.00. The Morgan fingerprint density at radius 3 is 2.23 bits per heavy atom. The number of ether oxygens (including phenoxy) is 1. The van der Waals surface area contributed by atoms with E-state index in [1.165, 1.54) is 4.90 Å². The van der Waals surface area contributed by atoms with Gasteiger partial charge >= 0.3 is 0 Å². The molecule has 6 nitrogen and oxygen atoms in total. The molecule has 1 atom stereocenters. The van der Waals surface area contributed by atoms with Gasteiger partial charge in [0.2, 0.25) is 0 Å². The third-order valence-corrected chi connectivity index (χ3v) is 5.29. The molecule has 0 spiro atoms. The summed E-state index contributed by atoms with van der Waals surface area (Å²) in [6.07, 6.45) is 0.0325. The molecule has 1 amide bonds. The lowest BCUT2D eigenvalue weighted by Gasteiger charge is -2.25. The molecule has 2 N–H and O–H groups in total. The van der Waals surface area contributed by atoms with Crippen LogP contribution in [-0.4, -0.2) is 55.0 Å². The molecule has 3 rings (SSSR count). The number of likely N-dealkylation sites (tertiary alicyclic amines) is 1. The topological polar surface area (TPSA) is 71.3 Å². The van der Waals surface area contributed by atoms with Crippen LogP contribution in [0.1, 0.15) is 36.6 Å². The normalized spacial score (nSPS) is 18.3. The van der Waals surface area contributed by atoms with Crippen LogP contribution in [0, 0.1) is 6.92 Å². The van der Waals surface area contributed by atoms with Gasteiger partial charge < -0.3 is 19.6 Å². The maximum absolute atomic E-state index is 13.0. The lowest BCUT2D eigenvalue weighted by atomic mass is 9.94. The summed E-state index contributed by atoms with van der Waals surface area (Å²) in [5.74, 6) is -0.719. The van der Waals surface area contributed by atoms with Crippen molar-refractivity contribution in [1.82, 2.24) is 4.90 Å². The number of ketones is 1. The largest absolute Gasteiger partial charge is 0.507 e. The highest BCUT2D eigenvalue weighted by molar-refractivity contribution is 6.46. The van der Waals surface area contributed by atoms with Crippen LogP contribution >= 0.6 is 0 Å². The molecule has 31 heavy (non-hydrogen) atoms. The number of likely N-dealkylation sites (N-methyl/N-ethyl adjacent to an activating group) is 1. The van der Waals surface area contributed by atoms with E-state index in [1.54, 1.807) is 29.2 Å². The summed E-state index contributed by atoms with van der Waals surface area (Å²) in [6.45, 7) is 6.97. The van der Waals surface area contributed by atoms with E-state index >= 15 is 0 Å². The minimum absolute atomic E-state index is 0.0325. The molecule has 0 saturated carbocycles. The van der Waals surface area contributed by atoms with Crippen molar-refractivity contribution < 1.29 is 24.3 Å². The fourth-order valence-electron chi connectivity index (χ4n) is 3.67. The number of carbonyl (C=O) groups excluding carboxylic acids is 2. The highest BCUT2D eigenvalue weighted by atomic mass is 16.5. The standard InChI is InChI=1S/C25H30N2O4/c1-16(2)31-20-12-10-19(11-13-20)23(28)21-22(18-8-6-17(3)7-9-18)27(15-14-26(4)5)25(30)24(21)29/h6-13,16,22,28H,14-15H2,1-5H3/p+1/t22-/m0/s1. The van der Waals surface area contributed by atoms with Gasteiger partial charge in [0.15, 0.2) is 0 Å². The van der Waals surface area contributed by atoms with Gasteiger partial charge in [-0.25, -0.2) is 0 Å². The second-order valence-corrected chi connectivity index (χ2v) is 8.55. The van der Waals surface area contributed by atoms with Gasteiger partial charge in [0, 0.05) is 5.56 Å². The van der Waals surface area contributed by atoms with Crippen LogP contribution in [0.25, 0.3) is 5.76 Å². The van der Waals surface area contributed by atoms with Gasteiger partial charge in [-0.05, 0) is 50.6 Å². The Bertz CT molecular complexity index is 976. The fraction of sp³-hybridized carbons (Fsp3) is 0.360. The summed E-state index contributed by atoms with van der Waals surface area (Å²) < 4.78 is 5.66. The van der Waals surface area contributed by atoms with Gasteiger partial charge in [0.25, 0.3) is 11.7 Å². The second-order valence-electron chi connectivity index (χ2n) is 8.55. The molecular formula is C25H31N2O4+. The molecule has 6 heteroatoms. The quantitative estimate of drug-likeness (QED) is 0.407. The van der Waals surface area contributed by atoms with Crippen molar-refractivity contribution >= 4 is 17.4 Å². The first kappa shape index (κ1) is 22.6. The van der Waals surface area contributed by atoms with Crippen molar-refractivity contribution in [3.63, 3.8) is 0 Å². The van der Waals surface area contributed by atoms with Gasteiger partial charge in [0.05, 0.1) is 44.9 Å². The number of aryl methyl sites for hydroxylation is 1. The van der Waals surface area contributed by atoms with Gasteiger partial charge in [-0.3, -0.25) is 9.59 Å². The molecule has 0 aliphatic carbocycles. The highest BCUT2D eigenvalue weighted by Gasteiger charge is 2.46. The second kappa shape index (κ2) is 9.35. The van der Waals surface area contributed by atoms with Crippen molar-refractivity contribution in [1.29, 1.82) is 0 Å². The maximum atomic E-state index is 13.0. The lowest BCUT2D eigenvalue weighted by Crippen LogP contribution is -3.06. The number of aliphatic hydroxyl groups is 1. The number of rotatable bonds is 7. The van der Waals surface area contributed by atoms with Crippen LogP contribution in [0.4, 0.5) is 0 Å². The number of quaternary nitrogens is 1. The van der Waals surface area contributed by atoms with Crippen molar-refractivity contribution in [3.8, 4) is 5.75 Å². The molecule has 2 aromatic rings. The summed E-state index contributed by atoms with van der Waals surface area (Å²) in [6, 6.07) is 14.0. The van der Waals surface area contributed by atoms with Crippen molar-refractivity contribution in [3.05, 3.63) is 70.8 Å². The molecular weight excluding hydrogens is 392 g/mol. The third kappa shape index (κ3) is 4.97. The molecule has 0 bridgehead atoms. The minimum Gasteiger partial charge on any atom is -0.507 e. The molecule has 1 fully saturated rings. The Morgan fingerprint density at radius 2 is 1.68 bits per heavy atom. The van der Waals surface area contributed by atoms with E-state index < -0.39 is 17.7 Å². The number of hydrogen-bond acceptors (Lipinski definition) is 4. The van der Waals surface area contributed by atoms with E-state index in [4.69, 9.17) is 4.74 Å². The molecule has 0 aromatic heterocycles. The number of amides is 1. The van der Waals surface area contributed by atoms with Crippen molar-refractivity contribution in [2.75, 3.05) is 27.2 Å². The number of carbonyl (C=O) groups is 2. The summed E-state index contributed by atoms with van der Waals surface area (Å²) in [4.78, 5) is 28.6. The van der Waals surface area contributed by atoms with Crippen LogP contribution < -0.4 is 9.64 Å². The number of aliphatic hydroxyl groups excluding tert-OH is 1. The van der Waals surface area contributed by atoms with Crippen LogP contribution in [0.5, 0.6) is 5.75 Å². The van der Waals surface area contributed by atoms with E-state index in [0.717, 1.165) is 11.1 Å². The van der Waals surface area contributed by atoms with E-state index in [-0.39, 0.29) is 17.4 Å². The molecule has 2 aromatic carbocycles. The van der Waals surface area contributed by atoms with Gasteiger partial charge in [-0.15, -0.1) is 0 Å². The average Bonchev–Trinajstić information content (AvgIpc) is 2.97. The van der Waals surface area contributed by atoms with Gasteiger partial charge in [-0.2, -0.15) is 0 Å². The van der Waals surface area contributed by atoms with Crippen LogP contribution in [-0.2, 0) is 9.59 Å². The first-order chi connectivity index (χ1) is 14.7. The molecule has 0 unspecified atom stereocenters. The number of benzene rings is 2. The molecule has 1 aliphatic heterocycles. The SMILES string of the molecule is Cc1ccc([C@H]2C(=C(O)c3ccc(OC(C)C)cc3)C(=O)C(=O)N2CC[NH+](C)C)cc1. The Balaban J connectivity index is 2.06. The van der Waals surface area contributed by atoms with Gasteiger partial charge in [-0.1, -0.05) is 29.8 Å². The summed E-state index contributed by atoms with van der Waals surface area (Å²) in [5.41, 5.74) is 2.49. The minimum atomic E-state index is -0.653. The van der Waals surface area contributed by atoms with Gasteiger partial charge in [0.1, 0.15) is 11.5 Å². The van der Waals surface area contributed by atoms with E-state index in [2.05, 4.69) is 0 Å². The van der Waals surface area contributed by atoms with Crippen molar-refractivity contribution in [2.24, 2.45) is 0 Å². The summed E-state index contributed by atoms with van der Waals surface area (Å²) in [5, 5.41) is 11.1. The molecule has 1 aliphatic rings. The zero-order valence-corrected chi connectivity index (χ0v) is 18.8.